The fraction of sp³-hybridized carbons (Fsp3) is 0.279. The molecule has 0 atom stereocenters. The van der Waals surface area contributed by atoms with Crippen LogP contribution in [-0.4, -0.2) is 34.0 Å². The predicted octanol–water partition coefficient (Wildman–Crippen LogP) is 31.5. The summed E-state index contributed by atoms with van der Waals surface area (Å²) in [5.41, 5.74) is 6.06. The molecule has 0 unspecified atom stereocenters. The van der Waals surface area contributed by atoms with Gasteiger partial charge in [-0.1, -0.05) is 41.4 Å². The second-order valence-corrected chi connectivity index (χ2v) is 34.4. The van der Waals surface area contributed by atoms with E-state index in [-0.39, 0.29) is 16.4 Å². The maximum atomic E-state index is 11.8. The lowest BCUT2D eigenvalue weighted by molar-refractivity contribution is -0.268. The van der Waals surface area contributed by atoms with Gasteiger partial charge in [0.15, 0.2) is 9.35 Å². The van der Waals surface area contributed by atoms with Crippen LogP contribution in [0.2, 0.25) is 8.67 Å². The van der Waals surface area contributed by atoms with Gasteiger partial charge in [-0.2, -0.15) is 62.2 Å². The molecule has 11 aromatic heterocycles. The number of thiophene rings is 8. The number of aryl methyl sites for hydroxylation is 11. The summed E-state index contributed by atoms with van der Waals surface area (Å²) < 4.78 is 223. The van der Waals surface area contributed by atoms with Crippen LogP contribution in [0.1, 0.15) is 73.6 Å². The Hall–Kier alpha value is -4.79. The van der Waals surface area contributed by atoms with Gasteiger partial charge in [0.1, 0.15) is 15.4 Å². The average molecular weight is 1780 g/mol. The van der Waals surface area contributed by atoms with Crippen LogP contribution in [-0.2, 0) is 31.1 Å². The molecule has 43 heteroatoms. The van der Waals surface area contributed by atoms with Crippen molar-refractivity contribution in [2.45, 2.75) is 127 Å². The van der Waals surface area contributed by atoms with Crippen LogP contribution in [0.25, 0.3) is 14.5 Å². The van der Waals surface area contributed by atoms with Gasteiger partial charge < -0.3 is 4.85 Å². The number of rotatable bonds is 6. The van der Waals surface area contributed by atoms with Gasteiger partial charge in [-0.15, -0.1) is 147 Å². The summed E-state index contributed by atoms with van der Waals surface area (Å²) >= 11 is 25.4. The van der Waals surface area contributed by atoms with Crippen LogP contribution in [0.15, 0.2) is 123 Å². The third kappa shape index (κ3) is 48.5. The first-order chi connectivity index (χ1) is 48.0. The SMILES string of the molecule is Cc1ccc(C(F)(F)F)s1.Cc1ccc(Cl)s1.Cc1ccc(SOC(F)(F)F)s1.Cc1csc(C(F)(F)F)c1.Cc1csc(C(F)(F)F)n1.Cc1csc(Cl)c1.Cc1csc(SOC(F)(F)F)c1.Cc1csc(SOC(F)(F)F)n1.[C-]#[N+]c1cc(C)cs1.[C-]#[N+]c1ccc(C)s1.[C-]#[N+]c1nc(C)cs1. The maximum absolute atomic E-state index is 11.8. The molecule has 11 heterocycles. The predicted molar refractivity (Wildman–Crippen MR) is 396 cm³/mol. The van der Waals surface area contributed by atoms with E-state index in [9.17, 15) is 79.0 Å². The zero-order valence-corrected chi connectivity index (χ0v) is 67.6. The standard InChI is InChI=1S/2C6H5F3OS2.2C6H5F3S.2C6H5NS.2C5H5ClS.C5H4F3NOS2.C5H4F3NS.C5H4N2S/c1-4-2-5(11-3-4)12-10-6(7,8)9;1-4-2-3-5(11-4)12-10-6(7,8)9;1-4-2-5(10-3-4)6(7,8)9;1-4-2-3-5(10-4)6(7,8)9;1-5-3-6(7-2)8-4-5;1-5-3-4-6(7-2)8-5;1-4-2-5(6)7-3-4;1-4-2-3-5(6)7-4;1-3-2-11-4(9-3)12-10-5(6,7)8;1-3-2-10-4(9-3)5(6,7)8;1-4-3-8-5(6-2)7-4/h2*2-3H,1H3;2*2-3H,1H3;2*3-4H,1H3;2*2-3H,1H3;2H,1H3;2H,1H3;3H,1H3. The van der Waals surface area contributed by atoms with Crippen molar-refractivity contribution in [3.8, 4) is 0 Å². The van der Waals surface area contributed by atoms with E-state index in [1.54, 1.807) is 72.4 Å². The van der Waals surface area contributed by atoms with Crippen LogP contribution in [0, 0.1) is 95.9 Å². The number of alkyl halides is 18. The molecular weight excluding hydrogens is 1730 g/mol. The van der Waals surface area contributed by atoms with E-state index in [2.05, 4.69) is 42.0 Å². The van der Waals surface area contributed by atoms with Gasteiger partial charge in [-0.05, 0) is 179 Å². The highest BCUT2D eigenvalue weighted by atomic mass is 35.5. The Balaban J connectivity index is 0.000000574. The molecule has 568 valence electrons. The maximum Gasteiger partial charge on any atom is 0.534 e. The second kappa shape index (κ2) is 47.9. The highest BCUT2D eigenvalue weighted by molar-refractivity contribution is 7.97. The molecule has 0 fully saturated rings. The Labute approximate surface area is 653 Å². The second-order valence-electron chi connectivity index (χ2n) is 18.8. The van der Waals surface area contributed by atoms with E-state index in [4.69, 9.17) is 42.9 Å². The van der Waals surface area contributed by atoms with Crippen molar-refractivity contribution in [2.24, 2.45) is 0 Å². The molecule has 104 heavy (non-hydrogen) atoms. The molecule has 0 radical (unpaired) electrons. The van der Waals surface area contributed by atoms with Crippen molar-refractivity contribution in [1.29, 1.82) is 0 Å². The molecule has 11 rings (SSSR count). The van der Waals surface area contributed by atoms with E-state index < -0.39 is 52.4 Å². The fourth-order valence-electron chi connectivity index (χ4n) is 5.34. The van der Waals surface area contributed by atoms with Crippen LogP contribution >= 0.6 is 184 Å². The normalized spacial score (nSPS) is 10.8. The molecule has 0 bridgehead atoms. The van der Waals surface area contributed by atoms with Crippen LogP contribution in [0.5, 0.6) is 0 Å². The molecule has 0 N–H and O–H groups in total. The van der Waals surface area contributed by atoms with Crippen LogP contribution in [0.3, 0.4) is 0 Å². The minimum atomic E-state index is -4.61. The monoisotopic (exact) mass is 1780 g/mol. The molecule has 0 spiro atoms. The van der Waals surface area contributed by atoms with E-state index >= 15 is 0 Å². The zero-order chi connectivity index (χ0) is 79.4. The van der Waals surface area contributed by atoms with Crippen molar-refractivity contribution in [3.05, 3.63) is 227 Å². The minimum Gasteiger partial charge on any atom is -0.351 e. The Morgan fingerprint density at radius 2 is 0.808 bits per heavy atom. The molecule has 0 aromatic carbocycles. The molecule has 0 saturated heterocycles. The van der Waals surface area contributed by atoms with E-state index in [1.807, 2.05) is 101 Å². The summed E-state index contributed by atoms with van der Waals surface area (Å²) in [6.45, 7) is 39.8. The summed E-state index contributed by atoms with van der Waals surface area (Å²) in [5.74, 6) is 0. The van der Waals surface area contributed by atoms with E-state index in [0.29, 0.717) is 70.8 Å². The molecule has 0 amide bonds. The Bertz CT molecular complexity index is 3870. The van der Waals surface area contributed by atoms with Gasteiger partial charge in [-0.3, -0.25) is 0 Å². The van der Waals surface area contributed by atoms with E-state index in [1.165, 1.54) is 101 Å². The number of nitrogens with zero attached hydrogens (tertiary/aromatic N) is 6. The first kappa shape index (κ1) is 97.2. The van der Waals surface area contributed by atoms with Gasteiger partial charge in [-0.25, -0.2) is 32.2 Å². The lowest BCUT2D eigenvalue weighted by Crippen LogP contribution is -2.07. The Kier molecular flexibility index (Phi) is 44.8. The summed E-state index contributed by atoms with van der Waals surface area (Å²) in [6.07, 6.45) is -26.4. The summed E-state index contributed by atoms with van der Waals surface area (Å²) in [7, 11) is 0. The molecule has 11 aromatic rings. The quantitative estimate of drug-likeness (QED) is 0.0919. The smallest absolute Gasteiger partial charge is 0.351 e. The van der Waals surface area contributed by atoms with Gasteiger partial charge in [0.05, 0.1) is 42.3 Å². The Morgan fingerprint density at radius 1 is 0.356 bits per heavy atom. The third-order valence-electron chi connectivity index (χ3n) is 9.33. The largest absolute Gasteiger partial charge is 0.534 e. The molecular formula is C61H52Cl2F18N6O3S14. The molecule has 0 aliphatic heterocycles. The van der Waals surface area contributed by atoms with Gasteiger partial charge >= 0.3 is 42.7 Å². The van der Waals surface area contributed by atoms with E-state index in [0.717, 1.165) is 81.0 Å². The molecule has 0 aliphatic carbocycles. The Morgan fingerprint density at radius 3 is 1.08 bits per heavy atom. The topological polar surface area (TPSA) is 79.4 Å². The first-order valence-electron chi connectivity index (χ1n) is 27.1. The third-order valence-corrected chi connectivity index (χ3v) is 23.0. The number of aromatic nitrogens is 3. The molecule has 9 nitrogen and oxygen atoms in total. The lowest BCUT2D eigenvalue weighted by atomic mass is 10.3. The summed E-state index contributed by atoms with van der Waals surface area (Å²) in [6, 6.07) is 20.2. The van der Waals surface area contributed by atoms with Gasteiger partial charge in [0, 0.05) is 73.2 Å². The van der Waals surface area contributed by atoms with Crippen molar-refractivity contribution in [1.82, 2.24) is 15.0 Å². The highest BCUT2D eigenvalue weighted by Crippen LogP contribution is 2.38. The van der Waals surface area contributed by atoms with Crippen molar-refractivity contribution >= 4 is 199 Å². The first-order valence-corrected chi connectivity index (χ1v) is 39.5. The average Bonchev–Trinajstić information content (AvgIpc) is 1.72. The number of hydrogen-bond donors (Lipinski definition) is 0. The zero-order valence-electron chi connectivity index (χ0n) is 54.7. The van der Waals surface area contributed by atoms with Crippen molar-refractivity contribution < 1.29 is 91.6 Å². The number of thiazole rings is 3. The summed E-state index contributed by atoms with van der Waals surface area (Å²) in [4.78, 5) is 23.7. The number of hydrogen-bond acceptors (Lipinski definition) is 20. The lowest BCUT2D eigenvalue weighted by Gasteiger charge is -2.02. The highest BCUT2D eigenvalue weighted by Gasteiger charge is 2.35. The minimum absolute atomic E-state index is 0.231. The number of halogens is 20. The van der Waals surface area contributed by atoms with Crippen molar-refractivity contribution in [3.63, 3.8) is 0 Å². The van der Waals surface area contributed by atoms with Gasteiger partial charge in [0.2, 0.25) is 10.0 Å². The fourth-order valence-corrected chi connectivity index (χ4v) is 15.6. The van der Waals surface area contributed by atoms with Gasteiger partial charge in [0.25, 0.3) is 0 Å². The van der Waals surface area contributed by atoms with Crippen LogP contribution in [0.4, 0.5) is 94.2 Å². The molecule has 0 saturated carbocycles. The van der Waals surface area contributed by atoms with Crippen molar-refractivity contribution in [2.75, 3.05) is 0 Å². The summed E-state index contributed by atoms with van der Waals surface area (Å²) in [5, 5.41) is 13.5. The van der Waals surface area contributed by atoms with Crippen LogP contribution < -0.4 is 0 Å². The molecule has 0 aliphatic rings.